The highest BCUT2D eigenvalue weighted by atomic mass is 79.9. The van der Waals surface area contributed by atoms with Crippen molar-refractivity contribution in [2.45, 2.75) is 43.8 Å². The van der Waals surface area contributed by atoms with E-state index in [1.54, 1.807) is 0 Å². The van der Waals surface area contributed by atoms with Gasteiger partial charge in [0.15, 0.2) is 5.13 Å². The van der Waals surface area contributed by atoms with E-state index in [4.69, 9.17) is 0 Å². The van der Waals surface area contributed by atoms with Gasteiger partial charge < -0.3 is 15.7 Å². The lowest BCUT2D eigenvalue weighted by molar-refractivity contribution is 0.0380. The van der Waals surface area contributed by atoms with Crippen LogP contribution < -0.4 is 10.6 Å². The van der Waals surface area contributed by atoms with Crippen molar-refractivity contribution >= 4 is 54.4 Å². The molecule has 1 aliphatic rings. The number of fused-ring (bicyclic) bond motifs is 1. The summed E-state index contributed by atoms with van der Waals surface area (Å²) in [5, 5.41) is 16.5. The molecule has 5 rings (SSSR count). The van der Waals surface area contributed by atoms with Crippen molar-refractivity contribution < 1.29 is 18.3 Å². The van der Waals surface area contributed by atoms with Gasteiger partial charge in [-0.05, 0) is 68.1 Å². The molecule has 1 fully saturated rings. The van der Waals surface area contributed by atoms with Gasteiger partial charge in [0.2, 0.25) is 5.95 Å². The highest BCUT2D eigenvalue weighted by Crippen LogP contribution is 2.37. The number of rotatable bonds is 6. The number of aliphatic hydroxyl groups excluding tert-OH is 1. The van der Waals surface area contributed by atoms with Crippen LogP contribution in [-0.2, 0) is 5.92 Å². The number of thiazole rings is 1. The Bertz CT molecular complexity index is 1340. The number of nitrogens with one attached hydrogen (secondary N) is 2. The number of alkyl halides is 2. The molecule has 2 aromatic carbocycles. The molecule has 182 valence electrons. The minimum Gasteiger partial charge on any atom is -0.393 e. The largest absolute Gasteiger partial charge is 0.393 e. The molecule has 35 heavy (non-hydrogen) atoms. The zero-order chi connectivity index (χ0) is 24.6. The van der Waals surface area contributed by atoms with Gasteiger partial charge in [0, 0.05) is 22.1 Å². The predicted octanol–water partition coefficient (Wildman–Crippen LogP) is 6.59. The van der Waals surface area contributed by atoms with Crippen LogP contribution in [0.1, 0.15) is 36.9 Å². The zero-order valence-corrected chi connectivity index (χ0v) is 20.7. The van der Waals surface area contributed by atoms with Gasteiger partial charge in [-0.3, -0.25) is 0 Å². The minimum absolute atomic E-state index is 0.0410. The number of anilines is 3. The normalized spacial score (nSPS) is 18.5. The molecular weight excluding hydrogens is 543 g/mol. The van der Waals surface area contributed by atoms with Gasteiger partial charge in [-0.15, -0.1) is 0 Å². The first-order valence-electron chi connectivity index (χ1n) is 11.1. The van der Waals surface area contributed by atoms with Crippen LogP contribution >= 0.6 is 27.3 Å². The van der Waals surface area contributed by atoms with Gasteiger partial charge in [0.1, 0.15) is 17.3 Å². The maximum Gasteiger partial charge on any atom is 0.315 e. The molecule has 3 N–H and O–H groups in total. The van der Waals surface area contributed by atoms with Crippen LogP contribution in [0.2, 0.25) is 0 Å². The Kier molecular flexibility index (Phi) is 6.65. The van der Waals surface area contributed by atoms with Gasteiger partial charge >= 0.3 is 5.92 Å². The molecule has 0 unspecified atom stereocenters. The predicted molar refractivity (Wildman–Crippen MR) is 134 cm³/mol. The molecule has 0 bridgehead atoms. The van der Waals surface area contributed by atoms with E-state index < -0.39 is 17.4 Å². The average molecular weight is 564 g/mol. The average Bonchev–Trinajstić information content (AvgIpc) is 3.22. The summed E-state index contributed by atoms with van der Waals surface area (Å²) >= 11 is 4.80. The van der Waals surface area contributed by atoms with E-state index in [0.29, 0.717) is 30.8 Å². The molecule has 1 aliphatic carbocycles. The topological polar surface area (TPSA) is 83.0 Å². The van der Waals surface area contributed by atoms with Gasteiger partial charge in [-0.2, -0.15) is 13.8 Å². The van der Waals surface area contributed by atoms with Crippen LogP contribution in [0.5, 0.6) is 0 Å². The Morgan fingerprint density at radius 2 is 1.71 bits per heavy atom. The Hall–Kier alpha value is -2.76. The smallest absolute Gasteiger partial charge is 0.315 e. The third kappa shape index (κ3) is 5.41. The second kappa shape index (κ2) is 9.71. The fraction of sp³-hybridized carbons (Fsp3) is 0.292. The van der Waals surface area contributed by atoms with E-state index in [9.17, 15) is 9.50 Å². The van der Waals surface area contributed by atoms with Crippen molar-refractivity contribution in [2.24, 2.45) is 0 Å². The van der Waals surface area contributed by atoms with Crippen molar-refractivity contribution in [3.63, 3.8) is 0 Å². The molecule has 6 nitrogen and oxygen atoms in total. The first-order valence-corrected chi connectivity index (χ1v) is 12.7. The standard InChI is InChI=1S/C24H21BrF3N5OS/c25-14-3-10-18-19(11-14)35-23(30-18)33-21-12-20(24(27,28)13-1-4-15(26)5-2-13)31-22(32-21)29-16-6-8-17(34)9-7-16/h1-5,10-12,16-17,34H,6-9H2,(H2,29,30,31,32,33). The number of hydrogen-bond donors (Lipinski definition) is 3. The van der Waals surface area contributed by atoms with Gasteiger partial charge in [0.25, 0.3) is 0 Å². The maximum absolute atomic E-state index is 15.4. The molecule has 4 aromatic rings. The molecular formula is C24H21BrF3N5OS. The summed E-state index contributed by atoms with van der Waals surface area (Å²) in [5.41, 5.74) is -0.130. The van der Waals surface area contributed by atoms with Gasteiger partial charge in [-0.1, -0.05) is 27.3 Å². The number of aromatic nitrogens is 3. The van der Waals surface area contributed by atoms with Crippen LogP contribution in [0.3, 0.4) is 0 Å². The first kappa shape index (κ1) is 24.0. The van der Waals surface area contributed by atoms with Crippen LogP contribution in [0.4, 0.5) is 30.1 Å². The number of hydrogen-bond acceptors (Lipinski definition) is 7. The Balaban J connectivity index is 1.49. The highest BCUT2D eigenvalue weighted by molar-refractivity contribution is 9.10. The van der Waals surface area contributed by atoms with Crippen molar-refractivity contribution in [1.29, 1.82) is 0 Å². The van der Waals surface area contributed by atoms with Crippen LogP contribution in [0, 0.1) is 5.82 Å². The summed E-state index contributed by atoms with van der Waals surface area (Å²) in [5.74, 6) is -3.87. The van der Waals surface area contributed by atoms with E-state index in [0.717, 1.165) is 39.0 Å². The lowest BCUT2D eigenvalue weighted by atomic mass is 9.93. The summed E-state index contributed by atoms with van der Waals surface area (Å²) in [6.07, 6.45) is 2.25. The molecule has 0 radical (unpaired) electrons. The molecule has 0 amide bonds. The van der Waals surface area contributed by atoms with Crippen molar-refractivity contribution in [2.75, 3.05) is 10.6 Å². The van der Waals surface area contributed by atoms with Gasteiger partial charge in [0.05, 0.1) is 16.3 Å². The summed E-state index contributed by atoms with van der Waals surface area (Å²) in [6.45, 7) is 0. The Morgan fingerprint density at radius 3 is 2.46 bits per heavy atom. The number of benzene rings is 2. The SMILES string of the molecule is OC1CCC(Nc2nc(Nc3nc4ccc(Br)cc4s3)cc(C(F)(F)c3ccc(F)cc3)n2)CC1. The third-order valence-corrected chi connectivity index (χ3v) is 7.30. The second-order valence-corrected chi connectivity index (χ2v) is 10.4. The second-order valence-electron chi connectivity index (χ2n) is 8.45. The van der Waals surface area contributed by atoms with Crippen LogP contribution in [-0.4, -0.2) is 32.2 Å². The summed E-state index contributed by atoms with van der Waals surface area (Å²) < 4.78 is 46.0. The first-order chi connectivity index (χ1) is 16.8. The van der Waals surface area contributed by atoms with E-state index in [1.807, 2.05) is 18.2 Å². The van der Waals surface area contributed by atoms with Gasteiger partial charge in [-0.25, -0.2) is 14.4 Å². The van der Waals surface area contributed by atoms with E-state index in [2.05, 4.69) is 41.5 Å². The fourth-order valence-corrected chi connectivity index (χ4v) is 5.43. The van der Waals surface area contributed by atoms with E-state index in [-0.39, 0.29) is 29.5 Å². The van der Waals surface area contributed by atoms with Crippen molar-refractivity contribution in [3.05, 3.63) is 70.1 Å². The lowest BCUT2D eigenvalue weighted by Gasteiger charge is -2.26. The number of nitrogens with zero attached hydrogens (tertiary/aromatic N) is 3. The molecule has 1 saturated carbocycles. The summed E-state index contributed by atoms with van der Waals surface area (Å²) in [6, 6.07) is 10.9. The van der Waals surface area contributed by atoms with Crippen LogP contribution in [0.15, 0.2) is 53.0 Å². The molecule has 0 saturated heterocycles. The zero-order valence-electron chi connectivity index (χ0n) is 18.3. The molecule has 2 aromatic heterocycles. The van der Waals surface area contributed by atoms with Crippen molar-refractivity contribution in [1.82, 2.24) is 15.0 Å². The summed E-state index contributed by atoms with van der Waals surface area (Å²) in [7, 11) is 0. The molecule has 0 aliphatic heterocycles. The molecule has 2 heterocycles. The molecule has 0 spiro atoms. The minimum atomic E-state index is -3.48. The highest BCUT2D eigenvalue weighted by Gasteiger charge is 2.37. The number of aliphatic hydroxyl groups is 1. The quantitative estimate of drug-likeness (QED) is 0.245. The van der Waals surface area contributed by atoms with Crippen LogP contribution in [0.25, 0.3) is 10.2 Å². The monoisotopic (exact) mass is 563 g/mol. The van der Waals surface area contributed by atoms with E-state index in [1.165, 1.54) is 17.4 Å². The Labute approximate surface area is 211 Å². The molecule has 11 heteroatoms. The number of halogens is 4. The van der Waals surface area contributed by atoms with Crippen molar-refractivity contribution in [3.8, 4) is 0 Å². The summed E-state index contributed by atoms with van der Waals surface area (Å²) in [4.78, 5) is 13.1. The lowest BCUT2D eigenvalue weighted by Crippen LogP contribution is -2.29. The van der Waals surface area contributed by atoms with E-state index >= 15 is 8.78 Å². The maximum atomic E-state index is 15.4. The molecule has 0 atom stereocenters. The fourth-order valence-electron chi connectivity index (χ4n) is 4.01. The Morgan fingerprint density at radius 1 is 0.971 bits per heavy atom. The third-order valence-electron chi connectivity index (χ3n) is 5.87.